The van der Waals surface area contributed by atoms with Gasteiger partial charge in [-0.25, -0.2) is 9.97 Å². The molecule has 0 spiro atoms. The van der Waals surface area contributed by atoms with E-state index in [1.165, 1.54) is 5.56 Å². The number of pyridine rings is 1. The van der Waals surface area contributed by atoms with Crippen LogP contribution >= 0.6 is 0 Å². The molecule has 0 saturated carbocycles. The highest BCUT2D eigenvalue weighted by Gasteiger charge is 2.32. The highest BCUT2D eigenvalue weighted by Crippen LogP contribution is 2.37. The maximum Gasteiger partial charge on any atom is 0.253 e. The number of nitrogens with one attached hydrogen (secondary N) is 1. The van der Waals surface area contributed by atoms with E-state index >= 15 is 0 Å². The van der Waals surface area contributed by atoms with E-state index in [-0.39, 0.29) is 11.5 Å². The third-order valence-corrected chi connectivity index (χ3v) is 7.09. The van der Waals surface area contributed by atoms with E-state index in [2.05, 4.69) is 29.9 Å². The van der Waals surface area contributed by atoms with Crippen molar-refractivity contribution in [1.29, 1.82) is 0 Å². The average Bonchev–Trinajstić information content (AvgIpc) is 3.28. The van der Waals surface area contributed by atoms with Gasteiger partial charge in [-0.1, -0.05) is 0 Å². The number of nitrogens with zero attached hydrogens (tertiary/aromatic N) is 3. The van der Waals surface area contributed by atoms with Crippen molar-refractivity contribution < 1.29 is 14.3 Å². The van der Waals surface area contributed by atoms with Gasteiger partial charge in [0.25, 0.3) is 5.91 Å². The Bertz CT molecular complexity index is 1130. The predicted octanol–water partition coefficient (Wildman–Crippen LogP) is 4.66. The zero-order chi connectivity index (χ0) is 23.0. The number of carbonyl (C=O) groups is 1. The molecule has 0 aliphatic carbocycles. The molecule has 2 aromatic heterocycles. The summed E-state index contributed by atoms with van der Waals surface area (Å²) < 4.78 is 11.1. The molecule has 33 heavy (non-hydrogen) atoms. The first-order chi connectivity index (χ1) is 15.9. The number of methoxy groups -OCH3 is 1. The lowest BCUT2D eigenvalue weighted by molar-refractivity contribution is -0.0602. The van der Waals surface area contributed by atoms with E-state index in [0.717, 1.165) is 68.1 Å². The van der Waals surface area contributed by atoms with Crippen LogP contribution in [0.5, 0.6) is 5.75 Å². The monoisotopic (exact) mass is 448 g/mol. The Balaban J connectivity index is 1.30. The summed E-state index contributed by atoms with van der Waals surface area (Å²) in [6.07, 6.45) is 5.66. The van der Waals surface area contributed by atoms with Crippen molar-refractivity contribution in [2.45, 2.75) is 57.0 Å². The summed E-state index contributed by atoms with van der Waals surface area (Å²) in [5.74, 6) is 2.61. The van der Waals surface area contributed by atoms with Crippen LogP contribution < -0.4 is 4.74 Å². The van der Waals surface area contributed by atoms with E-state index in [4.69, 9.17) is 14.5 Å². The van der Waals surface area contributed by atoms with Crippen LogP contribution in [0, 0.1) is 0 Å². The molecule has 0 bridgehead atoms. The Morgan fingerprint density at radius 1 is 1.12 bits per heavy atom. The van der Waals surface area contributed by atoms with Gasteiger partial charge in [0.2, 0.25) is 0 Å². The summed E-state index contributed by atoms with van der Waals surface area (Å²) in [6, 6.07) is 9.46. The van der Waals surface area contributed by atoms with Crippen molar-refractivity contribution in [3.05, 3.63) is 53.5 Å². The Morgan fingerprint density at radius 3 is 2.58 bits per heavy atom. The second-order valence-corrected chi connectivity index (χ2v) is 9.81. The number of piperidine rings is 1. The molecular weight excluding hydrogens is 416 g/mol. The molecule has 5 rings (SSSR count). The fourth-order valence-corrected chi connectivity index (χ4v) is 5.26. The topological polar surface area (TPSA) is 80.3 Å². The molecule has 2 aliphatic rings. The molecule has 1 aromatic carbocycles. The third-order valence-electron chi connectivity index (χ3n) is 7.09. The largest absolute Gasteiger partial charge is 0.497 e. The fourth-order valence-electron chi connectivity index (χ4n) is 5.26. The molecule has 2 saturated heterocycles. The van der Waals surface area contributed by atoms with E-state index < -0.39 is 0 Å². The second kappa shape index (κ2) is 8.78. The Hall–Kier alpha value is -2.93. The van der Waals surface area contributed by atoms with E-state index in [9.17, 15) is 4.79 Å². The van der Waals surface area contributed by atoms with Crippen molar-refractivity contribution in [2.24, 2.45) is 0 Å². The minimum Gasteiger partial charge on any atom is -0.497 e. The summed E-state index contributed by atoms with van der Waals surface area (Å²) in [7, 11) is 1.63. The lowest BCUT2D eigenvalue weighted by Crippen LogP contribution is -2.37. The molecule has 2 fully saturated rings. The quantitative estimate of drug-likeness (QED) is 0.628. The highest BCUT2D eigenvalue weighted by atomic mass is 16.5. The minimum atomic E-state index is -0.124. The second-order valence-electron chi connectivity index (χ2n) is 9.81. The fraction of sp³-hybridized carbons (Fsp3) is 0.500. The van der Waals surface area contributed by atoms with Gasteiger partial charge in [-0.15, -0.1) is 0 Å². The molecule has 2 aliphatic heterocycles. The lowest BCUT2D eigenvalue weighted by atomic mass is 9.88. The van der Waals surface area contributed by atoms with Gasteiger partial charge in [-0.3, -0.25) is 4.79 Å². The number of hydrogen-bond donors (Lipinski definition) is 1. The molecule has 3 aromatic rings. The zero-order valence-corrected chi connectivity index (χ0v) is 19.6. The molecule has 1 unspecified atom stereocenters. The Kier molecular flexibility index (Phi) is 5.83. The number of imidazole rings is 1. The van der Waals surface area contributed by atoms with Crippen LogP contribution in [-0.2, 0) is 4.74 Å². The summed E-state index contributed by atoms with van der Waals surface area (Å²) in [6.45, 7) is 6.54. The van der Waals surface area contributed by atoms with E-state index in [0.29, 0.717) is 17.4 Å². The van der Waals surface area contributed by atoms with Crippen LogP contribution in [0.15, 0.2) is 36.5 Å². The number of hydrogen-bond acceptors (Lipinski definition) is 5. The molecule has 0 radical (unpaired) electrons. The van der Waals surface area contributed by atoms with Gasteiger partial charge in [-0.2, -0.15) is 0 Å². The number of amides is 1. The molecule has 7 heteroatoms. The van der Waals surface area contributed by atoms with Crippen LogP contribution in [0.25, 0.3) is 11.2 Å². The standard InChI is InChI=1S/C26H32N4O3/c1-26(2)16-19(11-15-33-26)23-28-22-21(8-12-27-24(22)29-23)17-9-13-30(14-10-17)25(31)18-4-6-20(32-3)7-5-18/h4-8,12,17,19H,9-11,13-16H2,1-3H3,(H,27,28,29). The van der Waals surface area contributed by atoms with Gasteiger partial charge < -0.3 is 19.4 Å². The highest BCUT2D eigenvalue weighted by molar-refractivity contribution is 5.94. The van der Waals surface area contributed by atoms with Crippen molar-refractivity contribution in [2.75, 3.05) is 26.8 Å². The molecule has 1 atom stereocenters. The number of ether oxygens (including phenoxy) is 2. The van der Waals surface area contributed by atoms with Crippen LogP contribution in [0.3, 0.4) is 0 Å². The normalized spacial score (nSPS) is 21.3. The number of aromatic nitrogens is 3. The van der Waals surface area contributed by atoms with Gasteiger partial charge in [-0.05, 0) is 81.3 Å². The lowest BCUT2D eigenvalue weighted by Gasteiger charge is -2.34. The number of benzene rings is 1. The van der Waals surface area contributed by atoms with Gasteiger partial charge in [0.1, 0.15) is 11.6 Å². The summed E-state index contributed by atoms with van der Waals surface area (Å²) in [5, 5.41) is 0. The first-order valence-electron chi connectivity index (χ1n) is 11.9. The Labute approximate surface area is 194 Å². The first-order valence-corrected chi connectivity index (χ1v) is 11.9. The smallest absolute Gasteiger partial charge is 0.253 e. The maximum absolute atomic E-state index is 12.9. The number of rotatable bonds is 4. The van der Waals surface area contributed by atoms with Gasteiger partial charge in [0.15, 0.2) is 5.65 Å². The molecule has 1 N–H and O–H groups in total. The van der Waals surface area contributed by atoms with Crippen LogP contribution in [0.1, 0.15) is 73.1 Å². The van der Waals surface area contributed by atoms with Gasteiger partial charge in [0.05, 0.1) is 18.2 Å². The number of fused-ring (bicyclic) bond motifs is 1. The third kappa shape index (κ3) is 4.47. The number of H-pyrrole nitrogens is 1. The number of aromatic amines is 1. The average molecular weight is 449 g/mol. The van der Waals surface area contributed by atoms with Crippen molar-refractivity contribution >= 4 is 17.1 Å². The molecule has 7 nitrogen and oxygen atoms in total. The summed E-state index contributed by atoms with van der Waals surface area (Å²) >= 11 is 0. The van der Waals surface area contributed by atoms with E-state index in [1.807, 2.05) is 35.4 Å². The van der Waals surface area contributed by atoms with E-state index in [1.54, 1.807) is 7.11 Å². The number of carbonyl (C=O) groups excluding carboxylic acids is 1. The van der Waals surface area contributed by atoms with Crippen molar-refractivity contribution in [1.82, 2.24) is 19.9 Å². The molecule has 4 heterocycles. The predicted molar refractivity (Wildman–Crippen MR) is 127 cm³/mol. The van der Waals surface area contributed by atoms with Crippen LogP contribution in [0.4, 0.5) is 0 Å². The SMILES string of the molecule is COc1ccc(C(=O)N2CCC(c3ccnc4nc(C5CCOC(C)(C)C5)[nH]c34)CC2)cc1. The number of likely N-dealkylation sites (tertiary alicyclic amines) is 1. The maximum atomic E-state index is 12.9. The van der Waals surface area contributed by atoms with Crippen molar-refractivity contribution in [3.8, 4) is 5.75 Å². The molecule has 174 valence electrons. The molecule has 1 amide bonds. The van der Waals surface area contributed by atoms with Crippen molar-refractivity contribution in [3.63, 3.8) is 0 Å². The van der Waals surface area contributed by atoms with Crippen LogP contribution in [-0.4, -0.2) is 58.2 Å². The minimum absolute atomic E-state index is 0.0851. The first kappa shape index (κ1) is 21.9. The van der Waals surface area contributed by atoms with Gasteiger partial charge in [0, 0.05) is 37.4 Å². The summed E-state index contributed by atoms with van der Waals surface area (Å²) in [4.78, 5) is 27.9. The molecular formula is C26H32N4O3. The van der Waals surface area contributed by atoms with Gasteiger partial charge >= 0.3 is 0 Å². The van der Waals surface area contributed by atoms with Crippen LogP contribution in [0.2, 0.25) is 0 Å². The Morgan fingerprint density at radius 2 is 1.88 bits per heavy atom. The zero-order valence-electron chi connectivity index (χ0n) is 19.6. The summed E-state index contributed by atoms with van der Waals surface area (Å²) in [5.41, 5.74) is 3.70.